The van der Waals surface area contributed by atoms with Crippen molar-refractivity contribution in [1.29, 1.82) is 0 Å². The minimum Gasteiger partial charge on any atom is -0.457 e. The number of hydrogen-bond acceptors (Lipinski definition) is 10. The standard InChI is InChI=1S/C40H50N8O8/c1-23(2)33(45-39(51)54-5)37(49)47-19-7-9-31(47)35-41-21-29(43-35)25-11-15-27(16-12-25)56-28-17-13-26(14-18-28)30-22-42-36(44-30)32-10-8-20-48(32)38(50)34(24(3)53-4)46-40(52)55-6/h11-18,21-24,31-34H,7-10,19-20H2,1-6H3,(H,41,43)(H,42,44)(H,45,51)(H,46,52)/t24-,31+,32+,33+,34+/m1/s1. The molecular weight excluding hydrogens is 720 g/mol. The Morgan fingerprint density at radius 3 is 1.52 bits per heavy atom. The molecule has 298 valence electrons. The molecule has 2 fully saturated rings. The molecule has 2 aromatic carbocycles. The van der Waals surface area contributed by atoms with Crippen molar-refractivity contribution >= 4 is 24.0 Å². The molecular formula is C40H50N8O8. The number of methoxy groups -OCH3 is 3. The molecule has 2 aliphatic heterocycles. The summed E-state index contributed by atoms with van der Waals surface area (Å²) in [6.45, 7) is 6.62. The van der Waals surface area contributed by atoms with E-state index in [1.54, 1.807) is 29.1 Å². The van der Waals surface area contributed by atoms with Gasteiger partial charge in [0.1, 0.15) is 35.2 Å². The number of ether oxygens (including phenoxy) is 4. The van der Waals surface area contributed by atoms with Gasteiger partial charge in [0.25, 0.3) is 0 Å². The number of aromatic amines is 2. The number of likely N-dealkylation sites (tertiary alicyclic amines) is 2. The summed E-state index contributed by atoms with van der Waals surface area (Å²) in [6, 6.07) is 13.2. The summed E-state index contributed by atoms with van der Waals surface area (Å²) in [5, 5.41) is 5.29. The lowest BCUT2D eigenvalue weighted by Crippen LogP contribution is -2.54. The lowest BCUT2D eigenvalue weighted by molar-refractivity contribution is -0.137. The van der Waals surface area contributed by atoms with Crippen molar-refractivity contribution < 1.29 is 38.1 Å². The number of aromatic nitrogens is 4. The topological polar surface area (TPSA) is 193 Å². The maximum absolute atomic E-state index is 13.6. The molecule has 0 saturated carbocycles. The second-order valence-corrected chi connectivity index (χ2v) is 14.3. The van der Waals surface area contributed by atoms with Gasteiger partial charge in [-0.25, -0.2) is 19.6 Å². The number of carbonyl (C=O) groups is 4. The van der Waals surface area contributed by atoms with E-state index in [9.17, 15) is 19.2 Å². The van der Waals surface area contributed by atoms with Crippen molar-refractivity contribution in [3.63, 3.8) is 0 Å². The average molecular weight is 771 g/mol. The Morgan fingerprint density at radius 2 is 1.11 bits per heavy atom. The first-order valence-electron chi connectivity index (χ1n) is 18.8. The Kier molecular flexibility index (Phi) is 12.6. The van der Waals surface area contributed by atoms with Crippen LogP contribution in [-0.2, 0) is 23.8 Å². The first-order chi connectivity index (χ1) is 27.0. The number of nitrogens with one attached hydrogen (secondary N) is 4. The van der Waals surface area contributed by atoms with E-state index in [4.69, 9.17) is 18.9 Å². The summed E-state index contributed by atoms with van der Waals surface area (Å²) < 4.78 is 21.0. The van der Waals surface area contributed by atoms with Crippen LogP contribution in [0.3, 0.4) is 0 Å². The molecule has 0 bridgehead atoms. The van der Waals surface area contributed by atoms with Gasteiger partial charge in [0, 0.05) is 20.2 Å². The number of benzene rings is 2. The van der Waals surface area contributed by atoms with E-state index in [-0.39, 0.29) is 29.8 Å². The maximum atomic E-state index is 13.6. The van der Waals surface area contributed by atoms with Crippen LogP contribution in [-0.4, -0.2) is 106 Å². The fourth-order valence-electron chi connectivity index (χ4n) is 7.23. The van der Waals surface area contributed by atoms with Crippen LogP contribution in [0, 0.1) is 5.92 Å². The van der Waals surface area contributed by atoms with Crippen molar-refractivity contribution in [2.75, 3.05) is 34.4 Å². The van der Waals surface area contributed by atoms with E-state index in [1.807, 2.05) is 62.4 Å². The van der Waals surface area contributed by atoms with Gasteiger partial charge in [-0.15, -0.1) is 0 Å². The second-order valence-electron chi connectivity index (χ2n) is 14.3. The lowest BCUT2D eigenvalue weighted by Gasteiger charge is -2.30. The second kappa shape index (κ2) is 17.7. The molecule has 4 N–H and O–H groups in total. The number of rotatable bonds is 13. The Labute approximate surface area is 325 Å². The van der Waals surface area contributed by atoms with E-state index in [0.29, 0.717) is 36.2 Å². The molecule has 16 nitrogen and oxygen atoms in total. The van der Waals surface area contributed by atoms with Crippen LogP contribution >= 0.6 is 0 Å². The van der Waals surface area contributed by atoms with Crippen LogP contribution in [0.1, 0.15) is 70.2 Å². The molecule has 0 aliphatic carbocycles. The summed E-state index contributed by atoms with van der Waals surface area (Å²) in [5.41, 5.74) is 3.43. The molecule has 0 spiro atoms. The molecule has 4 amide bonds. The Balaban J connectivity index is 1.07. The van der Waals surface area contributed by atoms with Crippen LogP contribution in [0.2, 0.25) is 0 Å². The molecule has 56 heavy (non-hydrogen) atoms. The zero-order valence-electron chi connectivity index (χ0n) is 32.5. The number of carbonyl (C=O) groups excluding carboxylic acids is 4. The largest absolute Gasteiger partial charge is 0.457 e. The van der Waals surface area contributed by atoms with Gasteiger partial charge >= 0.3 is 12.2 Å². The summed E-state index contributed by atoms with van der Waals surface area (Å²) in [6.07, 6.45) is 4.75. The van der Waals surface area contributed by atoms with Crippen LogP contribution in [0.15, 0.2) is 60.9 Å². The van der Waals surface area contributed by atoms with Crippen molar-refractivity contribution in [3.8, 4) is 34.0 Å². The third-order valence-corrected chi connectivity index (χ3v) is 10.4. The molecule has 4 aromatic rings. The lowest BCUT2D eigenvalue weighted by atomic mass is 10.0. The van der Waals surface area contributed by atoms with E-state index in [1.165, 1.54) is 21.3 Å². The van der Waals surface area contributed by atoms with Gasteiger partial charge in [-0.2, -0.15) is 0 Å². The van der Waals surface area contributed by atoms with Gasteiger partial charge in [-0.05, 0) is 98.2 Å². The molecule has 16 heteroatoms. The van der Waals surface area contributed by atoms with Crippen molar-refractivity contribution in [2.24, 2.45) is 5.92 Å². The number of H-pyrrole nitrogens is 2. The predicted molar refractivity (Wildman–Crippen MR) is 205 cm³/mol. The van der Waals surface area contributed by atoms with Crippen LogP contribution in [0.5, 0.6) is 11.5 Å². The summed E-state index contributed by atoms with van der Waals surface area (Å²) in [4.78, 5) is 70.6. The maximum Gasteiger partial charge on any atom is 0.407 e. The molecule has 2 aromatic heterocycles. The van der Waals surface area contributed by atoms with Gasteiger partial charge in [-0.3, -0.25) is 9.59 Å². The van der Waals surface area contributed by atoms with Crippen molar-refractivity contribution in [1.82, 2.24) is 40.4 Å². The van der Waals surface area contributed by atoms with Gasteiger partial charge in [0.2, 0.25) is 11.8 Å². The Hall–Kier alpha value is -5.90. The molecule has 2 saturated heterocycles. The molecule has 2 aliphatic rings. The Bertz CT molecular complexity index is 1980. The molecule has 0 unspecified atom stereocenters. The first kappa shape index (κ1) is 39.8. The smallest absolute Gasteiger partial charge is 0.407 e. The van der Waals surface area contributed by atoms with Crippen LogP contribution in [0.4, 0.5) is 9.59 Å². The van der Waals surface area contributed by atoms with Gasteiger partial charge in [-0.1, -0.05) is 13.8 Å². The number of nitrogens with zero attached hydrogens (tertiary/aromatic N) is 4. The highest BCUT2D eigenvalue weighted by Gasteiger charge is 2.39. The highest BCUT2D eigenvalue weighted by molar-refractivity contribution is 5.87. The molecule has 6 rings (SSSR count). The van der Waals surface area contributed by atoms with E-state index in [0.717, 1.165) is 48.2 Å². The number of amides is 4. The van der Waals surface area contributed by atoms with Gasteiger partial charge in [0.15, 0.2) is 0 Å². The van der Waals surface area contributed by atoms with E-state index in [2.05, 4.69) is 30.6 Å². The quantitative estimate of drug-likeness (QED) is 0.131. The average Bonchev–Trinajstić information content (AvgIpc) is 4.05. The monoisotopic (exact) mass is 770 g/mol. The zero-order chi connectivity index (χ0) is 39.9. The fourth-order valence-corrected chi connectivity index (χ4v) is 7.23. The number of imidazole rings is 2. The molecule has 4 heterocycles. The van der Waals surface area contributed by atoms with E-state index < -0.39 is 30.4 Å². The number of hydrogen-bond donors (Lipinski definition) is 4. The normalized spacial score (nSPS) is 18.3. The molecule has 5 atom stereocenters. The van der Waals surface area contributed by atoms with Crippen LogP contribution < -0.4 is 15.4 Å². The number of alkyl carbamates (subject to hydrolysis) is 2. The summed E-state index contributed by atoms with van der Waals surface area (Å²) >= 11 is 0. The third kappa shape index (κ3) is 8.80. The van der Waals surface area contributed by atoms with Gasteiger partial charge in [0.05, 0.1) is 56.2 Å². The minimum absolute atomic E-state index is 0.114. The first-order valence-corrected chi connectivity index (χ1v) is 18.8. The molecule has 0 radical (unpaired) electrons. The van der Waals surface area contributed by atoms with Crippen molar-refractivity contribution in [3.05, 3.63) is 72.6 Å². The Morgan fingerprint density at radius 1 is 0.679 bits per heavy atom. The highest BCUT2D eigenvalue weighted by Crippen LogP contribution is 2.35. The summed E-state index contributed by atoms with van der Waals surface area (Å²) in [5.74, 6) is 2.15. The highest BCUT2D eigenvalue weighted by atomic mass is 16.5. The zero-order valence-corrected chi connectivity index (χ0v) is 32.5. The fraction of sp³-hybridized carbons (Fsp3) is 0.450. The SMILES string of the molecule is COC(=O)N[C@H](C(=O)N1CCC[C@H]1c1ncc(-c2ccc(Oc3ccc(-c4cnc([C@@H]5CCCN5C(=O)[C@@H](NC(=O)OC)[C@@H](C)OC)[nH]4)cc3)cc2)[nH]1)C(C)C. The minimum atomic E-state index is -0.904. The van der Waals surface area contributed by atoms with E-state index >= 15 is 0 Å². The predicted octanol–water partition coefficient (Wildman–Crippen LogP) is 5.73. The third-order valence-electron chi connectivity index (χ3n) is 10.4. The van der Waals surface area contributed by atoms with Crippen molar-refractivity contribution in [2.45, 2.75) is 76.7 Å². The summed E-state index contributed by atoms with van der Waals surface area (Å²) in [7, 11) is 4.02. The van der Waals surface area contributed by atoms with Gasteiger partial charge < -0.3 is 49.3 Å². The van der Waals surface area contributed by atoms with Crippen LogP contribution in [0.25, 0.3) is 22.5 Å².